The molecular formula is C23H27N3O2. The van der Waals surface area contributed by atoms with Gasteiger partial charge >= 0.3 is 0 Å². The monoisotopic (exact) mass is 377 g/mol. The highest BCUT2D eigenvalue weighted by atomic mass is 16.2. The zero-order valence-corrected chi connectivity index (χ0v) is 16.6. The predicted molar refractivity (Wildman–Crippen MR) is 113 cm³/mol. The number of carbonyl (C=O) groups is 2. The third-order valence-corrected chi connectivity index (χ3v) is 4.77. The fourth-order valence-corrected chi connectivity index (χ4v) is 3.28. The lowest BCUT2D eigenvalue weighted by Gasteiger charge is -2.22. The van der Waals surface area contributed by atoms with Crippen LogP contribution in [0, 0.1) is 5.92 Å². The lowest BCUT2D eigenvalue weighted by atomic mass is 10.0. The molecule has 2 aromatic carbocycles. The Labute approximate surface area is 165 Å². The summed E-state index contributed by atoms with van der Waals surface area (Å²) in [5.41, 5.74) is 2.42. The molecule has 146 valence electrons. The van der Waals surface area contributed by atoms with Crippen LogP contribution in [0.4, 0.5) is 5.69 Å². The Balaban J connectivity index is 1.73. The maximum atomic E-state index is 12.8. The van der Waals surface area contributed by atoms with E-state index in [4.69, 9.17) is 0 Å². The van der Waals surface area contributed by atoms with E-state index in [1.54, 1.807) is 24.3 Å². The fourth-order valence-electron chi connectivity index (χ4n) is 3.28. The largest absolute Gasteiger partial charge is 0.347 e. The van der Waals surface area contributed by atoms with Crippen molar-refractivity contribution in [1.29, 1.82) is 0 Å². The fraction of sp³-hybridized carbons (Fsp3) is 0.304. The van der Waals surface area contributed by atoms with Gasteiger partial charge in [-0.25, -0.2) is 0 Å². The summed E-state index contributed by atoms with van der Waals surface area (Å²) in [5, 5.41) is 6.89. The minimum atomic E-state index is -0.618. The second-order valence-electron chi connectivity index (χ2n) is 7.33. The van der Waals surface area contributed by atoms with Crippen molar-refractivity contribution in [3.63, 3.8) is 0 Å². The Morgan fingerprint density at radius 3 is 2.46 bits per heavy atom. The Bertz CT molecular complexity index is 960. The van der Waals surface area contributed by atoms with E-state index in [1.165, 1.54) is 0 Å². The van der Waals surface area contributed by atoms with Gasteiger partial charge in [0.05, 0.1) is 0 Å². The lowest BCUT2D eigenvalue weighted by Crippen LogP contribution is -2.47. The molecule has 0 saturated heterocycles. The van der Waals surface area contributed by atoms with Gasteiger partial charge in [-0.15, -0.1) is 0 Å². The van der Waals surface area contributed by atoms with Crippen LogP contribution in [0.5, 0.6) is 0 Å². The summed E-state index contributed by atoms with van der Waals surface area (Å²) >= 11 is 0. The molecular weight excluding hydrogens is 350 g/mol. The van der Waals surface area contributed by atoms with Gasteiger partial charge in [0.1, 0.15) is 6.04 Å². The van der Waals surface area contributed by atoms with Gasteiger partial charge in [-0.1, -0.05) is 39.0 Å². The third kappa shape index (κ3) is 4.42. The molecule has 0 saturated carbocycles. The molecule has 0 spiro atoms. The first-order chi connectivity index (χ1) is 13.5. The highest BCUT2D eigenvalue weighted by molar-refractivity contribution is 6.02. The number of benzene rings is 2. The minimum Gasteiger partial charge on any atom is -0.347 e. The van der Waals surface area contributed by atoms with E-state index < -0.39 is 6.04 Å². The van der Waals surface area contributed by atoms with Gasteiger partial charge in [0, 0.05) is 34.9 Å². The van der Waals surface area contributed by atoms with Gasteiger partial charge < -0.3 is 15.2 Å². The average Bonchev–Trinajstić information content (AvgIpc) is 3.08. The number of aromatic nitrogens is 1. The number of hydrogen-bond acceptors (Lipinski definition) is 2. The van der Waals surface area contributed by atoms with Crippen molar-refractivity contribution in [3.8, 4) is 0 Å². The van der Waals surface area contributed by atoms with Crippen molar-refractivity contribution in [3.05, 3.63) is 66.4 Å². The molecule has 2 amide bonds. The number of nitrogens with zero attached hydrogens (tertiary/aromatic N) is 1. The van der Waals surface area contributed by atoms with E-state index in [0.29, 0.717) is 5.56 Å². The van der Waals surface area contributed by atoms with Crippen molar-refractivity contribution >= 4 is 28.4 Å². The number of carbonyl (C=O) groups excluding carboxylic acids is 2. The number of anilines is 1. The standard InChI is InChI=1S/C23H27N3O2/c1-4-13-26-14-12-18-15-19(10-11-20(18)26)24-23(28)21(16(2)3)25-22(27)17-8-6-5-7-9-17/h5-12,14-16,21H,4,13H2,1-3H3,(H,24,28)(H,25,27). The molecule has 3 rings (SSSR count). The highest BCUT2D eigenvalue weighted by Gasteiger charge is 2.24. The van der Waals surface area contributed by atoms with Gasteiger partial charge in [-0.2, -0.15) is 0 Å². The molecule has 0 bridgehead atoms. The third-order valence-electron chi connectivity index (χ3n) is 4.77. The molecule has 2 N–H and O–H groups in total. The Kier molecular flexibility index (Phi) is 6.14. The van der Waals surface area contributed by atoms with Gasteiger partial charge in [0.15, 0.2) is 0 Å². The molecule has 5 heteroatoms. The summed E-state index contributed by atoms with van der Waals surface area (Å²) < 4.78 is 2.21. The van der Waals surface area contributed by atoms with Gasteiger partial charge in [-0.05, 0) is 48.7 Å². The maximum Gasteiger partial charge on any atom is 0.251 e. The number of amides is 2. The van der Waals surface area contributed by atoms with Gasteiger partial charge in [0.2, 0.25) is 5.91 Å². The summed E-state index contributed by atoms with van der Waals surface area (Å²) in [6, 6.07) is 16.3. The van der Waals surface area contributed by atoms with E-state index in [-0.39, 0.29) is 17.7 Å². The Morgan fingerprint density at radius 1 is 1.04 bits per heavy atom. The summed E-state index contributed by atoms with van der Waals surface area (Å²) in [6.07, 6.45) is 3.14. The molecule has 28 heavy (non-hydrogen) atoms. The molecule has 0 aliphatic rings. The normalized spacial score (nSPS) is 12.1. The average molecular weight is 377 g/mol. The quantitative estimate of drug-likeness (QED) is 0.639. The number of nitrogens with one attached hydrogen (secondary N) is 2. The van der Waals surface area contributed by atoms with Crippen molar-refractivity contribution in [1.82, 2.24) is 9.88 Å². The molecule has 3 aromatic rings. The minimum absolute atomic E-state index is 0.0398. The second kappa shape index (κ2) is 8.74. The molecule has 0 aliphatic heterocycles. The van der Waals surface area contributed by atoms with E-state index in [0.717, 1.165) is 29.6 Å². The molecule has 0 fully saturated rings. The van der Waals surface area contributed by atoms with Crippen LogP contribution < -0.4 is 10.6 Å². The lowest BCUT2D eigenvalue weighted by molar-refractivity contribution is -0.118. The zero-order chi connectivity index (χ0) is 20.1. The van der Waals surface area contributed by atoms with Crippen LogP contribution >= 0.6 is 0 Å². The molecule has 1 aromatic heterocycles. The van der Waals surface area contributed by atoms with Crippen LogP contribution in [0.25, 0.3) is 10.9 Å². The molecule has 1 unspecified atom stereocenters. The second-order valence-corrected chi connectivity index (χ2v) is 7.33. The zero-order valence-electron chi connectivity index (χ0n) is 16.6. The van der Waals surface area contributed by atoms with Crippen molar-refractivity contribution in [2.45, 2.75) is 39.8 Å². The summed E-state index contributed by atoms with van der Waals surface area (Å²) in [7, 11) is 0. The van der Waals surface area contributed by atoms with Crippen molar-refractivity contribution in [2.24, 2.45) is 5.92 Å². The molecule has 0 aliphatic carbocycles. The maximum absolute atomic E-state index is 12.8. The van der Waals surface area contributed by atoms with Gasteiger partial charge in [-0.3, -0.25) is 9.59 Å². The predicted octanol–water partition coefficient (Wildman–Crippen LogP) is 4.44. The molecule has 1 atom stereocenters. The van der Waals surface area contributed by atoms with E-state index >= 15 is 0 Å². The van der Waals surface area contributed by atoms with E-state index in [9.17, 15) is 9.59 Å². The molecule has 1 heterocycles. The van der Waals surface area contributed by atoms with Crippen LogP contribution in [0.1, 0.15) is 37.6 Å². The van der Waals surface area contributed by atoms with Crippen LogP contribution in [0.3, 0.4) is 0 Å². The van der Waals surface area contributed by atoms with E-state index in [1.807, 2.05) is 38.1 Å². The van der Waals surface area contributed by atoms with Crippen LogP contribution in [0.2, 0.25) is 0 Å². The first-order valence-corrected chi connectivity index (χ1v) is 9.75. The van der Waals surface area contributed by atoms with Gasteiger partial charge in [0.25, 0.3) is 5.91 Å². The molecule has 0 radical (unpaired) electrons. The first kappa shape index (κ1) is 19.7. The highest BCUT2D eigenvalue weighted by Crippen LogP contribution is 2.21. The topological polar surface area (TPSA) is 63.1 Å². The number of hydrogen-bond donors (Lipinski definition) is 2. The number of aryl methyl sites for hydroxylation is 1. The van der Waals surface area contributed by atoms with Crippen LogP contribution in [-0.4, -0.2) is 22.4 Å². The Hall–Kier alpha value is -3.08. The molecule has 5 nitrogen and oxygen atoms in total. The smallest absolute Gasteiger partial charge is 0.251 e. The first-order valence-electron chi connectivity index (χ1n) is 9.75. The summed E-state index contributed by atoms with van der Waals surface area (Å²) in [4.78, 5) is 25.3. The number of fused-ring (bicyclic) bond motifs is 1. The van der Waals surface area contributed by atoms with Crippen molar-refractivity contribution in [2.75, 3.05) is 5.32 Å². The van der Waals surface area contributed by atoms with Crippen molar-refractivity contribution < 1.29 is 9.59 Å². The Morgan fingerprint density at radius 2 is 1.79 bits per heavy atom. The van der Waals surface area contributed by atoms with E-state index in [2.05, 4.69) is 34.4 Å². The SMILES string of the molecule is CCCn1ccc2cc(NC(=O)C(NC(=O)c3ccccc3)C(C)C)ccc21. The van der Waals surface area contributed by atoms with Crippen LogP contribution in [-0.2, 0) is 11.3 Å². The van der Waals surface area contributed by atoms with Crippen LogP contribution in [0.15, 0.2) is 60.8 Å². The summed E-state index contributed by atoms with van der Waals surface area (Å²) in [5.74, 6) is -0.504. The summed E-state index contributed by atoms with van der Waals surface area (Å²) in [6.45, 7) is 6.96. The number of rotatable bonds is 7.